The van der Waals surface area contributed by atoms with E-state index in [1.165, 1.54) is 0 Å². The van der Waals surface area contributed by atoms with Crippen LogP contribution in [0.2, 0.25) is 0 Å². The third-order valence-corrected chi connectivity index (χ3v) is 3.62. The van der Waals surface area contributed by atoms with Crippen molar-refractivity contribution < 1.29 is 19.4 Å². The van der Waals surface area contributed by atoms with Gasteiger partial charge in [-0.3, -0.25) is 4.79 Å². The molecule has 110 valence electrons. The SMILES string of the molecule is CCC(CNC(=O)NCC1CCOC1CC)C(=O)O. The average Bonchev–Trinajstić information content (AvgIpc) is 2.84. The van der Waals surface area contributed by atoms with Crippen LogP contribution in [0.4, 0.5) is 4.79 Å². The van der Waals surface area contributed by atoms with E-state index >= 15 is 0 Å². The molecule has 0 aromatic carbocycles. The lowest BCUT2D eigenvalue weighted by molar-refractivity contribution is -0.141. The van der Waals surface area contributed by atoms with Gasteiger partial charge in [-0.2, -0.15) is 0 Å². The van der Waals surface area contributed by atoms with Crippen LogP contribution in [-0.2, 0) is 9.53 Å². The predicted octanol–water partition coefficient (Wildman–Crippen LogP) is 1.21. The van der Waals surface area contributed by atoms with Crippen LogP contribution in [0.5, 0.6) is 0 Å². The Morgan fingerprint density at radius 3 is 2.68 bits per heavy atom. The van der Waals surface area contributed by atoms with Crippen LogP contribution in [0.1, 0.15) is 33.1 Å². The number of carbonyl (C=O) groups is 2. The first kappa shape index (κ1) is 15.8. The highest BCUT2D eigenvalue weighted by atomic mass is 16.5. The van der Waals surface area contributed by atoms with Crippen molar-refractivity contribution in [2.24, 2.45) is 11.8 Å². The summed E-state index contributed by atoms with van der Waals surface area (Å²) in [5, 5.41) is 14.3. The van der Waals surface area contributed by atoms with Gasteiger partial charge in [-0.25, -0.2) is 4.79 Å². The fourth-order valence-corrected chi connectivity index (χ4v) is 2.29. The molecule has 3 atom stereocenters. The molecule has 0 saturated carbocycles. The standard InChI is InChI=1S/C13H24N2O4/c1-3-9(12(16)17)7-14-13(18)15-8-10-5-6-19-11(10)4-2/h9-11H,3-8H2,1-2H3,(H,16,17)(H2,14,15,18). The second-order valence-electron chi connectivity index (χ2n) is 4.90. The van der Waals surface area contributed by atoms with Crippen LogP contribution in [0.3, 0.4) is 0 Å². The molecule has 19 heavy (non-hydrogen) atoms. The van der Waals surface area contributed by atoms with E-state index in [4.69, 9.17) is 9.84 Å². The first-order valence-electron chi connectivity index (χ1n) is 6.94. The minimum absolute atomic E-state index is 0.163. The molecular formula is C13H24N2O4. The largest absolute Gasteiger partial charge is 0.481 e. The Hall–Kier alpha value is -1.30. The molecule has 0 bridgehead atoms. The average molecular weight is 272 g/mol. The van der Waals surface area contributed by atoms with Crippen LogP contribution in [0, 0.1) is 11.8 Å². The minimum atomic E-state index is -0.877. The second kappa shape index (κ2) is 7.99. The number of aliphatic carboxylic acids is 1. The van der Waals surface area contributed by atoms with Crippen molar-refractivity contribution in [3.05, 3.63) is 0 Å². The Morgan fingerprint density at radius 2 is 2.11 bits per heavy atom. The zero-order valence-corrected chi connectivity index (χ0v) is 11.6. The van der Waals surface area contributed by atoms with Gasteiger partial charge in [0.05, 0.1) is 12.0 Å². The van der Waals surface area contributed by atoms with Gasteiger partial charge in [0.25, 0.3) is 0 Å². The van der Waals surface area contributed by atoms with Gasteiger partial charge in [0.1, 0.15) is 0 Å². The minimum Gasteiger partial charge on any atom is -0.481 e. The second-order valence-corrected chi connectivity index (χ2v) is 4.90. The lowest BCUT2D eigenvalue weighted by Gasteiger charge is -2.18. The Labute approximate surface area is 113 Å². The van der Waals surface area contributed by atoms with Crippen LogP contribution in [0.25, 0.3) is 0 Å². The summed E-state index contributed by atoms with van der Waals surface area (Å²) in [4.78, 5) is 22.4. The predicted molar refractivity (Wildman–Crippen MR) is 71.0 cm³/mol. The van der Waals surface area contributed by atoms with Crippen molar-refractivity contribution in [3.8, 4) is 0 Å². The third-order valence-electron chi connectivity index (χ3n) is 3.62. The molecule has 1 aliphatic rings. The number of ether oxygens (including phenoxy) is 1. The zero-order valence-electron chi connectivity index (χ0n) is 11.6. The highest BCUT2D eigenvalue weighted by Crippen LogP contribution is 2.22. The van der Waals surface area contributed by atoms with E-state index in [9.17, 15) is 9.59 Å². The third kappa shape index (κ3) is 5.06. The quantitative estimate of drug-likeness (QED) is 0.650. The van der Waals surface area contributed by atoms with Crippen LogP contribution in [0.15, 0.2) is 0 Å². The number of hydrogen-bond donors (Lipinski definition) is 3. The summed E-state index contributed by atoms with van der Waals surface area (Å²) in [6.45, 7) is 5.36. The molecule has 0 aromatic rings. The molecule has 0 radical (unpaired) electrons. The molecule has 1 aliphatic heterocycles. The Balaban J connectivity index is 2.22. The molecule has 0 spiro atoms. The maximum atomic E-state index is 11.6. The molecule has 1 saturated heterocycles. The fraction of sp³-hybridized carbons (Fsp3) is 0.846. The van der Waals surface area contributed by atoms with Crippen molar-refractivity contribution in [2.45, 2.75) is 39.2 Å². The molecule has 2 amide bonds. The summed E-state index contributed by atoms with van der Waals surface area (Å²) in [6.07, 6.45) is 2.64. The van der Waals surface area contributed by atoms with E-state index in [0.29, 0.717) is 18.9 Å². The molecular weight excluding hydrogens is 248 g/mol. The first-order chi connectivity index (χ1) is 9.08. The number of rotatable bonds is 7. The van der Waals surface area contributed by atoms with Gasteiger partial charge >= 0.3 is 12.0 Å². The topological polar surface area (TPSA) is 87.7 Å². The van der Waals surface area contributed by atoms with E-state index in [1.807, 2.05) is 0 Å². The monoisotopic (exact) mass is 272 g/mol. The first-order valence-corrected chi connectivity index (χ1v) is 6.94. The molecule has 0 aromatic heterocycles. The van der Waals surface area contributed by atoms with Crippen LogP contribution < -0.4 is 10.6 Å². The Morgan fingerprint density at radius 1 is 1.37 bits per heavy atom. The van der Waals surface area contributed by atoms with Gasteiger partial charge in [-0.1, -0.05) is 13.8 Å². The molecule has 1 rings (SSSR count). The highest BCUT2D eigenvalue weighted by Gasteiger charge is 2.26. The van der Waals surface area contributed by atoms with E-state index in [-0.39, 0.29) is 18.7 Å². The van der Waals surface area contributed by atoms with E-state index in [2.05, 4.69) is 17.6 Å². The molecule has 0 aliphatic carbocycles. The molecule has 3 N–H and O–H groups in total. The molecule has 6 heteroatoms. The van der Waals surface area contributed by atoms with Gasteiger partial charge in [-0.05, 0) is 19.3 Å². The van der Waals surface area contributed by atoms with Gasteiger partial charge in [0, 0.05) is 25.6 Å². The van der Waals surface area contributed by atoms with Gasteiger partial charge in [0.15, 0.2) is 0 Å². The maximum Gasteiger partial charge on any atom is 0.314 e. The fourth-order valence-electron chi connectivity index (χ4n) is 2.29. The van der Waals surface area contributed by atoms with Gasteiger partial charge in [-0.15, -0.1) is 0 Å². The molecule has 3 unspecified atom stereocenters. The van der Waals surface area contributed by atoms with Crippen molar-refractivity contribution in [1.29, 1.82) is 0 Å². The number of hydrogen-bond acceptors (Lipinski definition) is 3. The van der Waals surface area contributed by atoms with Crippen LogP contribution >= 0.6 is 0 Å². The Bertz CT molecular complexity index is 309. The summed E-state index contributed by atoms with van der Waals surface area (Å²) < 4.78 is 5.54. The van der Waals surface area contributed by atoms with Crippen molar-refractivity contribution in [3.63, 3.8) is 0 Å². The number of carboxylic acid groups (broad SMARTS) is 1. The highest BCUT2D eigenvalue weighted by molar-refractivity contribution is 5.75. The van der Waals surface area contributed by atoms with Crippen molar-refractivity contribution in [2.75, 3.05) is 19.7 Å². The number of amides is 2. The molecule has 6 nitrogen and oxygen atoms in total. The number of urea groups is 1. The molecule has 1 heterocycles. The van der Waals surface area contributed by atoms with Crippen LogP contribution in [-0.4, -0.2) is 42.9 Å². The zero-order chi connectivity index (χ0) is 14.3. The number of nitrogens with one attached hydrogen (secondary N) is 2. The van der Waals surface area contributed by atoms with Gasteiger partial charge in [0.2, 0.25) is 0 Å². The van der Waals surface area contributed by atoms with E-state index in [1.54, 1.807) is 6.92 Å². The normalized spacial score (nSPS) is 23.9. The number of carbonyl (C=O) groups excluding carboxylic acids is 1. The Kier molecular flexibility index (Phi) is 6.62. The lowest BCUT2D eigenvalue weighted by Crippen LogP contribution is -2.42. The molecule has 1 fully saturated rings. The summed E-state index contributed by atoms with van der Waals surface area (Å²) in [5.74, 6) is -1.04. The van der Waals surface area contributed by atoms with Crippen molar-refractivity contribution >= 4 is 12.0 Å². The van der Waals surface area contributed by atoms with Crippen molar-refractivity contribution in [1.82, 2.24) is 10.6 Å². The summed E-state index contributed by atoms with van der Waals surface area (Å²) >= 11 is 0. The lowest BCUT2D eigenvalue weighted by atomic mass is 10.00. The maximum absolute atomic E-state index is 11.6. The summed E-state index contributed by atoms with van der Waals surface area (Å²) in [6, 6.07) is -0.304. The summed E-state index contributed by atoms with van der Waals surface area (Å²) in [5.41, 5.74) is 0. The van der Waals surface area contributed by atoms with E-state index in [0.717, 1.165) is 19.4 Å². The summed E-state index contributed by atoms with van der Waals surface area (Å²) in [7, 11) is 0. The smallest absolute Gasteiger partial charge is 0.314 e. The number of carboxylic acids is 1. The van der Waals surface area contributed by atoms with E-state index < -0.39 is 11.9 Å². The van der Waals surface area contributed by atoms with Gasteiger partial charge < -0.3 is 20.5 Å².